The summed E-state index contributed by atoms with van der Waals surface area (Å²) in [6.45, 7) is 3.71. The molecular formula is C18H26F3NO3. The summed E-state index contributed by atoms with van der Waals surface area (Å²) in [6, 6.07) is -1.04. The van der Waals surface area contributed by atoms with Crippen LogP contribution in [0.15, 0.2) is 0 Å². The third-order valence-electron chi connectivity index (χ3n) is 6.45. The van der Waals surface area contributed by atoms with E-state index < -0.39 is 34.9 Å². The molecule has 0 heterocycles. The molecule has 4 aliphatic carbocycles. The minimum atomic E-state index is -4.31. The van der Waals surface area contributed by atoms with Gasteiger partial charge in [0, 0.05) is 0 Å². The molecule has 1 amide bonds. The zero-order chi connectivity index (χ0) is 18.6. The van der Waals surface area contributed by atoms with Crippen molar-refractivity contribution >= 4 is 11.9 Å². The number of rotatable bonds is 5. The Kier molecular flexibility index (Phi) is 4.35. The number of carboxylic acids is 1. The molecule has 4 fully saturated rings. The number of carboxylic acid groups (broad SMARTS) is 1. The molecule has 0 aliphatic heterocycles. The van der Waals surface area contributed by atoms with Crippen LogP contribution in [-0.2, 0) is 9.59 Å². The van der Waals surface area contributed by atoms with Crippen molar-refractivity contribution in [3.8, 4) is 0 Å². The van der Waals surface area contributed by atoms with Crippen molar-refractivity contribution in [2.75, 3.05) is 0 Å². The molecule has 142 valence electrons. The zero-order valence-corrected chi connectivity index (χ0v) is 14.7. The van der Waals surface area contributed by atoms with E-state index >= 15 is 0 Å². The first-order valence-corrected chi connectivity index (χ1v) is 9.07. The van der Waals surface area contributed by atoms with Crippen LogP contribution in [-0.4, -0.2) is 29.2 Å². The fourth-order valence-corrected chi connectivity index (χ4v) is 5.86. The number of alkyl halides is 3. The molecule has 0 aromatic rings. The summed E-state index contributed by atoms with van der Waals surface area (Å²) in [5, 5.41) is 11.9. The highest BCUT2D eigenvalue weighted by Crippen LogP contribution is 2.69. The van der Waals surface area contributed by atoms with Gasteiger partial charge < -0.3 is 10.4 Å². The van der Waals surface area contributed by atoms with Crippen LogP contribution in [0.25, 0.3) is 0 Å². The van der Waals surface area contributed by atoms with Crippen LogP contribution in [0.1, 0.15) is 58.8 Å². The van der Waals surface area contributed by atoms with Crippen LogP contribution >= 0.6 is 0 Å². The van der Waals surface area contributed by atoms with Gasteiger partial charge in [0.2, 0.25) is 5.91 Å². The van der Waals surface area contributed by atoms with Crippen molar-refractivity contribution in [1.82, 2.24) is 5.32 Å². The second-order valence-electron chi connectivity index (χ2n) is 9.01. The van der Waals surface area contributed by atoms with Gasteiger partial charge in [-0.05, 0) is 62.7 Å². The lowest BCUT2D eigenvalue weighted by Gasteiger charge is -2.61. The van der Waals surface area contributed by atoms with Gasteiger partial charge in [0.25, 0.3) is 0 Å². The molecule has 0 radical (unpaired) electrons. The molecule has 4 nitrogen and oxygen atoms in total. The molecule has 0 saturated heterocycles. The third kappa shape index (κ3) is 3.14. The molecule has 2 unspecified atom stereocenters. The first-order valence-electron chi connectivity index (χ1n) is 9.07. The van der Waals surface area contributed by atoms with E-state index in [9.17, 15) is 27.9 Å². The van der Waals surface area contributed by atoms with E-state index in [4.69, 9.17) is 0 Å². The Labute approximate surface area is 145 Å². The quantitative estimate of drug-likeness (QED) is 0.784. The van der Waals surface area contributed by atoms with E-state index in [1.807, 2.05) is 13.8 Å². The molecule has 7 heteroatoms. The summed E-state index contributed by atoms with van der Waals surface area (Å²) < 4.78 is 41.3. The molecular weight excluding hydrogens is 335 g/mol. The summed E-state index contributed by atoms with van der Waals surface area (Å²) in [5.41, 5.74) is -2.81. The Bertz CT molecular complexity index is 558. The van der Waals surface area contributed by atoms with Crippen molar-refractivity contribution in [1.29, 1.82) is 0 Å². The van der Waals surface area contributed by atoms with Crippen molar-refractivity contribution in [2.45, 2.75) is 71.0 Å². The maximum absolute atomic E-state index is 13.8. The molecule has 3 atom stereocenters. The first-order chi connectivity index (χ1) is 11.5. The van der Waals surface area contributed by atoms with E-state index in [2.05, 4.69) is 5.32 Å². The van der Waals surface area contributed by atoms with Crippen LogP contribution in [0.2, 0.25) is 0 Å². The van der Waals surface area contributed by atoms with Crippen LogP contribution in [0.3, 0.4) is 0 Å². The Balaban J connectivity index is 1.83. The fourth-order valence-electron chi connectivity index (χ4n) is 5.86. The minimum Gasteiger partial charge on any atom is -0.480 e. The molecule has 0 aromatic heterocycles. The van der Waals surface area contributed by atoms with Gasteiger partial charge >= 0.3 is 12.1 Å². The van der Waals surface area contributed by atoms with E-state index in [-0.39, 0.29) is 43.4 Å². The molecule has 4 bridgehead atoms. The Morgan fingerprint density at radius 2 is 1.72 bits per heavy atom. The summed E-state index contributed by atoms with van der Waals surface area (Å²) in [7, 11) is 0. The highest BCUT2D eigenvalue weighted by molar-refractivity contribution is 5.88. The Hall–Kier alpha value is -1.27. The van der Waals surface area contributed by atoms with Crippen LogP contribution in [0.5, 0.6) is 0 Å². The minimum absolute atomic E-state index is 0.0688. The van der Waals surface area contributed by atoms with Gasteiger partial charge in [-0.25, -0.2) is 4.79 Å². The third-order valence-corrected chi connectivity index (χ3v) is 6.45. The second kappa shape index (κ2) is 5.88. The summed E-state index contributed by atoms with van der Waals surface area (Å²) in [5.74, 6) is -1.70. The van der Waals surface area contributed by atoms with Gasteiger partial charge in [-0.3, -0.25) is 4.79 Å². The van der Waals surface area contributed by atoms with Gasteiger partial charge in [-0.2, -0.15) is 13.2 Å². The average Bonchev–Trinajstić information content (AvgIpc) is 2.43. The molecule has 4 rings (SSSR count). The highest BCUT2D eigenvalue weighted by atomic mass is 19.4. The zero-order valence-electron chi connectivity index (χ0n) is 14.7. The van der Waals surface area contributed by atoms with Gasteiger partial charge in [0.1, 0.15) is 6.04 Å². The molecule has 0 spiro atoms. The van der Waals surface area contributed by atoms with E-state index in [1.54, 1.807) is 0 Å². The highest BCUT2D eigenvalue weighted by Gasteiger charge is 2.69. The number of carbonyl (C=O) groups excluding carboxylic acids is 1. The maximum Gasteiger partial charge on any atom is 0.394 e. The number of nitrogens with one attached hydrogen (secondary N) is 1. The maximum atomic E-state index is 13.8. The Morgan fingerprint density at radius 3 is 2.16 bits per heavy atom. The van der Waals surface area contributed by atoms with Gasteiger partial charge in [0.05, 0.1) is 10.8 Å². The lowest BCUT2D eigenvalue weighted by atomic mass is 9.43. The van der Waals surface area contributed by atoms with Crippen molar-refractivity contribution < 1.29 is 27.9 Å². The topological polar surface area (TPSA) is 66.4 Å². The lowest BCUT2D eigenvalue weighted by Crippen LogP contribution is -2.62. The number of hydrogen-bond acceptors (Lipinski definition) is 2. The molecule has 2 N–H and O–H groups in total. The smallest absolute Gasteiger partial charge is 0.394 e. The largest absolute Gasteiger partial charge is 0.480 e. The predicted molar refractivity (Wildman–Crippen MR) is 84.6 cm³/mol. The number of amides is 1. The predicted octanol–water partition coefficient (Wildman–Crippen LogP) is 3.75. The van der Waals surface area contributed by atoms with Crippen LogP contribution in [0, 0.1) is 28.6 Å². The normalized spacial score (nSPS) is 38.0. The summed E-state index contributed by atoms with van der Waals surface area (Å²) in [6.07, 6.45) is -2.29. The summed E-state index contributed by atoms with van der Waals surface area (Å²) >= 11 is 0. The average molecular weight is 361 g/mol. The van der Waals surface area contributed by atoms with Crippen molar-refractivity contribution in [3.05, 3.63) is 0 Å². The monoisotopic (exact) mass is 361 g/mol. The molecule has 4 aliphatic rings. The molecule has 25 heavy (non-hydrogen) atoms. The lowest BCUT2D eigenvalue weighted by molar-refractivity contribution is -0.283. The number of halogens is 3. The number of aliphatic carboxylic acids is 1. The van der Waals surface area contributed by atoms with Crippen molar-refractivity contribution in [2.24, 2.45) is 28.6 Å². The van der Waals surface area contributed by atoms with E-state index in [0.29, 0.717) is 12.8 Å². The van der Waals surface area contributed by atoms with E-state index in [0.717, 1.165) is 6.42 Å². The van der Waals surface area contributed by atoms with Crippen LogP contribution in [0.4, 0.5) is 13.2 Å². The summed E-state index contributed by atoms with van der Waals surface area (Å²) in [4.78, 5) is 24.3. The SMILES string of the molecule is CC(C)C[C@@H](NC(=O)C12CC3CC(C1)CC(C(F)(F)F)(C3)C2)C(=O)O. The van der Waals surface area contributed by atoms with Crippen LogP contribution < -0.4 is 5.32 Å². The van der Waals surface area contributed by atoms with Gasteiger partial charge in [0.15, 0.2) is 0 Å². The number of carbonyl (C=O) groups is 2. The fraction of sp³-hybridized carbons (Fsp3) is 0.889. The van der Waals surface area contributed by atoms with Crippen molar-refractivity contribution in [3.63, 3.8) is 0 Å². The van der Waals surface area contributed by atoms with Gasteiger partial charge in [-0.15, -0.1) is 0 Å². The molecule has 4 saturated carbocycles. The Morgan fingerprint density at radius 1 is 1.16 bits per heavy atom. The van der Waals surface area contributed by atoms with E-state index in [1.165, 1.54) is 0 Å². The number of hydrogen-bond donors (Lipinski definition) is 2. The van der Waals surface area contributed by atoms with Gasteiger partial charge in [-0.1, -0.05) is 13.8 Å². The molecule has 0 aromatic carbocycles. The standard InChI is InChI=1S/C18H26F3NO3/c1-10(2)3-13(14(23)24)22-15(25)16-5-11-4-12(6-16)8-17(7-11,9-16)18(19,20)21/h10-13H,3-9H2,1-2H3,(H,22,25)(H,23,24)/t11?,12?,13-,16?,17?/m1/s1. The second-order valence-corrected chi connectivity index (χ2v) is 9.01. The first kappa shape index (κ1) is 18.5.